The van der Waals surface area contributed by atoms with Gasteiger partial charge in [-0.15, -0.1) is 0 Å². The SMILES string of the molecule is Cc1cc(C(=O)NCc2ccccc2CN)no1. The Morgan fingerprint density at radius 2 is 2.11 bits per heavy atom. The highest BCUT2D eigenvalue weighted by Gasteiger charge is 2.10. The van der Waals surface area contributed by atoms with E-state index < -0.39 is 0 Å². The van der Waals surface area contributed by atoms with Crippen LogP contribution in [0.5, 0.6) is 0 Å². The molecule has 1 aromatic carbocycles. The summed E-state index contributed by atoms with van der Waals surface area (Å²) in [5, 5.41) is 6.45. The molecule has 0 aliphatic heterocycles. The molecule has 5 nitrogen and oxygen atoms in total. The van der Waals surface area contributed by atoms with Crippen LogP contribution in [-0.2, 0) is 13.1 Å². The maximum absolute atomic E-state index is 11.8. The number of rotatable bonds is 4. The molecule has 18 heavy (non-hydrogen) atoms. The zero-order valence-electron chi connectivity index (χ0n) is 10.1. The number of amides is 1. The van der Waals surface area contributed by atoms with Gasteiger partial charge in [0.05, 0.1) is 0 Å². The molecule has 0 unspecified atom stereocenters. The first-order chi connectivity index (χ1) is 8.70. The topological polar surface area (TPSA) is 81.2 Å². The molecule has 0 atom stereocenters. The first-order valence-corrected chi connectivity index (χ1v) is 5.69. The largest absolute Gasteiger partial charge is 0.361 e. The summed E-state index contributed by atoms with van der Waals surface area (Å²) in [6.07, 6.45) is 0. The predicted octanol–water partition coefficient (Wildman–Crippen LogP) is 1.37. The van der Waals surface area contributed by atoms with Crippen LogP contribution in [0.15, 0.2) is 34.9 Å². The van der Waals surface area contributed by atoms with Crippen LogP contribution in [0.4, 0.5) is 0 Å². The van der Waals surface area contributed by atoms with Crippen molar-refractivity contribution in [1.82, 2.24) is 10.5 Å². The van der Waals surface area contributed by atoms with E-state index in [-0.39, 0.29) is 11.6 Å². The smallest absolute Gasteiger partial charge is 0.273 e. The van der Waals surface area contributed by atoms with Crippen molar-refractivity contribution in [2.75, 3.05) is 0 Å². The maximum atomic E-state index is 11.8. The molecular weight excluding hydrogens is 230 g/mol. The fourth-order valence-corrected chi connectivity index (χ4v) is 1.67. The van der Waals surface area contributed by atoms with Crippen LogP contribution in [0.3, 0.4) is 0 Å². The van der Waals surface area contributed by atoms with Crippen molar-refractivity contribution in [2.24, 2.45) is 5.73 Å². The number of aryl methyl sites for hydroxylation is 1. The van der Waals surface area contributed by atoms with E-state index in [1.807, 2.05) is 24.3 Å². The fourth-order valence-electron chi connectivity index (χ4n) is 1.67. The molecule has 0 saturated carbocycles. The fraction of sp³-hybridized carbons (Fsp3) is 0.231. The van der Waals surface area contributed by atoms with Gasteiger partial charge in [-0.3, -0.25) is 4.79 Å². The van der Waals surface area contributed by atoms with Gasteiger partial charge in [-0.05, 0) is 18.1 Å². The van der Waals surface area contributed by atoms with Gasteiger partial charge in [0.1, 0.15) is 5.76 Å². The van der Waals surface area contributed by atoms with Crippen molar-refractivity contribution in [3.05, 3.63) is 52.9 Å². The Morgan fingerprint density at radius 1 is 1.39 bits per heavy atom. The van der Waals surface area contributed by atoms with E-state index in [2.05, 4.69) is 10.5 Å². The lowest BCUT2D eigenvalue weighted by Gasteiger charge is -2.07. The maximum Gasteiger partial charge on any atom is 0.273 e. The lowest BCUT2D eigenvalue weighted by Crippen LogP contribution is -2.24. The van der Waals surface area contributed by atoms with Gasteiger partial charge >= 0.3 is 0 Å². The van der Waals surface area contributed by atoms with Gasteiger partial charge in [-0.1, -0.05) is 29.4 Å². The summed E-state index contributed by atoms with van der Waals surface area (Å²) in [6.45, 7) is 2.63. The average molecular weight is 245 g/mol. The van der Waals surface area contributed by atoms with Crippen molar-refractivity contribution in [2.45, 2.75) is 20.0 Å². The summed E-state index contributed by atoms with van der Waals surface area (Å²) in [6, 6.07) is 9.33. The van der Waals surface area contributed by atoms with Gasteiger partial charge in [0.25, 0.3) is 5.91 Å². The van der Waals surface area contributed by atoms with Gasteiger partial charge in [-0.25, -0.2) is 0 Å². The summed E-state index contributed by atoms with van der Waals surface area (Å²) in [5.41, 5.74) is 7.95. The van der Waals surface area contributed by atoms with E-state index in [0.29, 0.717) is 18.8 Å². The van der Waals surface area contributed by atoms with Gasteiger partial charge in [0.15, 0.2) is 5.69 Å². The highest BCUT2D eigenvalue weighted by Crippen LogP contribution is 2.08. The summed E-state index contributed by atoms with van der Waals surface area (Å²) in [7, 11) is 0. The van der Waals surface area contributed by atoms with E-state index in [4.69, 9.17) is 10.3 Å². The minimum atomic E-state index is -0.251. The average Bonchev–Trinajstić information content (AvgIpc) is 2.83. The molecule has 1 amide bonds. The van der Waals surface area contributed by atoms with Crippen LogP contribution in [0.2, 0.25) is 0 Å². The molecular formula is C13H15N3O2. The zero-order chi connectivity index (χ0) is 13.0. The monoisotopic (exact) mass is 245 g/mol. The molecule has 0 saturated heterocycles. The van der Waals surface area contributed by atoms with E-state index in [1.54, 1.807) is 13.0 Å². The van der Waals surface area contributed by atoms with Gasteiger partial charge < -0.3 is 15.6 Å². The lowest BCUT2D eigenvalue weighted by atomic mass is 10.1. The molecule has 1 heterocycles. The van der Waals surface area contributed by atoms with Crippen LogP contribution in [0.1, 0.15) is 27.4 Å². The summed E-state index contributed by atoms with van der Waals surface area (Å²) in [4.78, 5) is 11.8. The number of nitrogens with two attached hydrogens (primary N) is 1. The van der Waals surface area contributed by atoms with E-state index in [1.165, 1.54) is 0 Å². The van der Waals surface area contributed by atoms with Crippen LogP contribution >= 0.6 is 0 Å². The Hall–Kier alpha value is -2.14. The number of hydrogen-bond donors (Lipinski definition) is 2. The number of carbonyl (C=O) groups excluding carboxylic acids is 1. The Balaban J connectivity index is 2.01. The molecule has 2 rings (SSSR count). The van der Waals surface area contributed by atoms with Crippen molar-refractivity contribution >= 4 is 5.91 Å². The van der Waals surface area contributed by atoms with Crippen LogP contribution in [-0.4, -0.2) is 11.1 Å². The minimum absolute atomic E-state index is 0.251. The number of carbonyl (C=O) groups is 1. The van der Waals surface area contributed by atoms with Gasteiger partial charge in [-0.2, -0.15) is 0 Å². The van der Waals surface area contributed by atoms with Crippen molar-refractivity contribution in [3.63, 3.8) is 0 Å². The predicted molar refractivity (Wildman–Crippen MR) is 66.7 cm³/mol. The van der Waals surface area contributed by atoms with Crippen LogP contribution < -0.4 is 11.1 Å². The molecule has 1 aromatic heterocycles. The number of benzene rings is 1. The van der Waals surface area contributed by atoms with Crippen molar-refractivity contribution in [3.8, 4) is 0 Å². The summed E-state index contributed by atoms with van der Waals surface area (Å²) in [5.74, 6) is 0.362. The second kappa shape index (κ2) is 5.46. The number of hydrogen-bond acceptors (Lipinski definition) is 4. The molecule has 5 heteroatoms. The minimum Gasteiger partial charge on any atom is -0.361 e. The Morgan fingerprint density at radius 3 is 2.72 bits per heavy atom. The van der Waals surface area contributed by atoms with Crippen molar-refractivity contribution < 1.29 is 9.32 Å². The summed E-state index contributed by atoms with van der Waals surface area (Å²) < 4.78 is 4.85. The molecule has 2 aromatic rings. The molecule has 0 aliphatic carbocycles. The zero-order valence-corrected chi connectivity index (χ0v) is 10.1. The Bertz CT molecular complexity index is 549. The summed E-state index contributed by atoms with van der Waals surface area (Å²) >= 11 is 0. The number of aromatic nitrogens is 1. The van der Waals surface area contributed by atoms with Gasteiger partial charge in [0.2, 0.25) is 0 Å². The quantitative estimate of drug-likeness (QED) is 0.852. The van der Waals surface area contributed by atoms with Crippen LogP contribution in [0.25, 0.3) is 0 Å². The lowest BCUT2D eigenvalue weighted by molar-refractivity contribution is 0.0941. The first kappa shape index (κ1) is 12.3. The van der Waals surface area contributed by atoms with E-state index in [9.17, 15) is 4.79 Å². The molecule has 0 fully saturated rings. The van der Waals surface area contributed by atoms with E-state index >= 15 is 0 Å². The number of nitrogens with zero attached hydrogens (tertiary/aromatic N) is 1. The van der Waals surface area contributed by atoms with Gasteiger partial charge in [0, 0.05) is 19.2 Å². The molecule has 0 aliphatic rings. The van der Waals surface area contributed by atoms with E-state index in [0.717, 1.165) is 11.1 Å². The normalized spacial score (nSPS) is 10.3. The highest BCUT2D eigenvalue weighted by molar-refractivity contribution is 5.92. The first-order valence-electron chi connectivity index (χ1n) is 5.69. The second-order valence-corrected chi connectivity index (χ2v) is 3.98. The molecule has 0 radical (unpaired) electrons. The highest BCUT2D eigenvalue weighted by atomic mass is 16.5. The molecule has 0 bridgehead atoms. The Kier molecular flexibility index (Phi) is 3.74. The number of nitrogens with one attached hydrogen (secondary N) is 1. The molecule has 94 valence electrons. The molecule has 3 N–H and O–H groups in total. The standard InChI is InChI=1S/C13H15N3O2/c1-9-6-12(16-18-9)13(17)15-8-11-5-3-2-4-10(11)7-14/h2-6H,7-8,14H2,1H3,(H,15,17). The second-order valence-electron chi connectivity index (χ2n) is 3.98. The third-order valence-corrected chi connectivity index (χ3v) is 2.64. The Labute approximate surface area is 105 Å². The van der Waals surface area contributed by atoms with Crippen LogP contribution in [0, 0.1) is 6.92 Å². The third-order valence-electron chi connectivity index (χ3n) is 2.64. The third kappa shape index (κ3) is 2.75. The van der Waals surface area contributed by atoms with Crippen molar-refractivity contribution in [1.29, 1.82) is 0 Å². The molecule has 0 spiro atoms.